The molecule has 6 heteroatoms. The Kier molecular flexibility index (Phi) is 3.43. The summed E-state index contributed by atoms with van der Waals surface area (Å²) in [6, 6.07) is 7.11. The quantitative estimate of drug-likeness (QED) is 0.863. The molecular weight excluding hydrogens is 256 g/mol. The predicted molar refractivity (Wildman–Crippen MR) is 66.0 cm³/mol. The van der Waals surface area contributed by atoms with Gasteiger partial charge in [0.15, 0.2) is 5.82 Å². The molecule has 0 saturated heterocycles. The molecule has 0 saturated carbocycles. The Morgan fingerprint density at radius 1 is 1.44 bits per heavy atom. The number of carbonyl (C=O) groups is 1. The highest BCUT2D eigenvalue weighted by Gasteiger charge is 2.12. The van der Waals surface area contributed by atoms with Gasteiger partial charge in [-0.3, -0.25) is 0 Å². The van der Waals surface area contributed by atoms with E-state index in [0.717, 1.165) is 0 Å². The van der Waals surface area contributed by atoms with Gasteiger partial charge >= 0.3 is 5.97 Å². The first kappa shape index (κ1) is 12.3. The van der Waals surface area contributed by atoms with Gasteiger partial charge in [-0.1, -0.05) is 23.7 Å². The molecule has 1 heterocycles. The summed E-state index contributed by atoms with van der Waals surface area (Å²) in [6.45, 7) is 0. The number of rotatable bonds is 3. The minimum atomic E-state index is -1.16. The standard InChI is InChI=1S/C12H9ClN2O3/c1-18-8-4-2-3-7(5-8)11-14-6-9(12(16)17)10(13)15-11/h2-6H,1H3,(H,16,17). The number of methoxy groups -OCH3 is 1. The summed E-state index contributed by atoms with van der Waals surface area (Å²) in [6.07, 6.45) is 1.19. The second-order valence-corrected chi connectivity index (χ2v) is 3.79. The number of aromatic carboxylic acids is 1. The van der Waals surface area contributed by atoms with E-state index in [0.29, 0.717) is 17.1 Å². The lowest BCUT2D eigenvalue weighted by Crippen LogP contribution is -2.01. The maximum atomic E-state index is 10.8. The van der Waals surface area contributed by atoms with Gasteiger partial charge in [0.1, 0.15) is 16.5 Å². The number of halogens is 1. The van der Waals surface area contributed by atoms with Crippen LogP contribution in [0.3, 0.4) is 0 Å². The largest absolute Gasteiger partial charge is 0.497 e. The van der Waals surface area contributed by atoms with E-state index in [1.165, 1.54) is 6.20 Å². The van der Waals surface area contributed by atoms with E-state index in [1.54, 1.807) is 31.4 Å². The Hall–Kier alpha value is -2.14. The van der Waals surface area contributed by atoms with Gasteiger partial charge in [-0.25, -0.2) is 14.8 Å². The third kappa shape index (κ3) is 2.41. The van der Waals surface area contributed by atoms with Gasteiger partial charge in [-0.2, -0.15) is 0 Å². The van der Waals surface area contributed by atoms with Gasteiger partial charge in [0.2, 0.25) is 0 Å². The van der Waals surface area contributed by atoms with Crippen LogP contribution in [-0.4, -0.2) is 28.2 Å². The lowest BCUT2D eigenvalue weighted by Gasteiger charge is -2.04. The Balaban J connectivity index is 2.45. The lowest BCUT2D eigenvalue weighted by atomic mass is 10.2. The van der Waals surface area contributed by atoms with Crippen LogP contribution in [-0.2, 0) is 0 Å². The van der Waals surface area contributed by atoms with Crippen LogP contribution in [0.2, 0.25) is 5.15 Å². The van der Waals surface area contributed by atoms with Crippen molar-refractivity contribution in [1.82, 2.24) is 9.97 Å². The average molecular weight is 265 g/mol. The van der Waals surface area contributed by atoms with E-state index < -0.39 is 5.97 Å². The summed E-state index contributed by atoms with van der Waals surface area (Å²) >= 11 is 5.78. The fraction of sp³-hybridized carbons (Fsp3) is 0.0833. The second-order valence-electron chi connectivity index (χ2n) is 3.44. The summed E-state index contributed by atoms with van der Waals surface area (Å²) in [5, 5.41) is 8.74. The zero-order chi connectivity index (χ0) is 13.1. The van der Waals surface area contributed by atoms with Gasteiger partial charge in [0.25, 0.3) is 0 Å². The number of carboxylic acid groups (broad SMARTS) is 1. The summed E-state index contributed by atoms with van der Waals surface area (Å²) in [5.74, 6) is -0.143. The molecule has 0 radical (unpaired) electrons. The first-order valence-corrected chi connectivity index (χ1v) is 5.40. The van der Waals surface area contributed by atoms with Gasteiger partial charge < -0.3 is 9.84 Å². The van der Waals surface area contributed by atoms with Crippen molar-refractivity contribution in [1.29, 1.82) is 0 Å². The lowest BCUT2D eigenvalue weighted by molar-refractivity contribution is 0.0696. The van der Waals surface area contributed by atoms with Crippen LogP contribution in [0.25, 0.3) is 11.4 Å². The Morgan fingerprint density at radius 3 is 2.83 bits per heavy atom. The molecule has 1 aromatic heterocycles. The van der Waals surface area contributed by atoms with Gasteiger partial charge in [-0.15, -0.1) is 0 Å². The van der Waals surface area contributed by atoms with E-state index in [-0.39, 0.29) is 10.7 Å². The van der Waals surface area contributed by atoms with E-state index in [4.69, 9.17) is 21.4 Å². The van der Waals surface area contributed by atoms with Crippen molar-refractivity contribution < 1.29 is 14.6 Å². The first-order valence-electron chi connectivity index (χ1n) is 5.02. The highest BCUT2D eigenvalue weighted by atomic mass is 35.5. The van der Waals surface area contributed by atoms with Crippen molar-refractivity contribution in [3.63, 3.8) is 0 Å². The number of aromatic nitrogens is 2. The van der Waals surface area contributed by atoms with Crippen molar-refractivity contribution in [2.75, 3.05) is 7.11 Å². The SMILES string of the molecule is COc1cccc(-c2ncc(C(=O)O)c(Cl)n2)c1. The van der Waals surface area contributed by atoms with Crippen molar-refractivity contribution >= 4 is 17.6 Å². The van der Waals surface area contributed by atoms with Crippen LogP contribution in [0.15, 0.2) is 30.5 Å². The summed E-state index contributed by atoms with van der Waals surface area (Å²) in [4.78, 5) is 18.7. The number of hydrogen-bond acceptors (Lipinski definition) is 4. The van der Waals surface area contributed by atoms with Crippen molar-refractivity contribution in [2.45, 2.75) is 0 Å². The van der Waals surface area contributed by atoms with E-state index in [9.17, 15) is 4.79 Å². The summed E-state index contributed by atoms with van der Waals surface area (Å²) < 4.78 is 5.09. The smallest absolute Gasteiger partial charge is 0.340 e. The van der Waals surface area contributed by atoms with Crippen molar-refractivity contribution in [2.24, 2.45) is 0 Å². The highest BCUT2D eigenvalue weighted by Crippen LogP contribution is 2.22. The zero-order valence-electron chi connectivity index (χ0n) is 9.42. The van der Waals surface area contributed by atoms with Crippen molar-refractivity contribution in [3.8, 4) is 17.1 Å². The third-order valence-corrected chi connectivity index (χ3v) is 2.59. The van der Waals surface area contributed by atoms with Gasteiger partial charge in [0.05, 0.1) is 7.11 Å². The second kappa shape index (κ2) is 5.01. The molecule has 2 rings (SSSR count). The molecular formula is C12H9ClN2O3. The zero-order valence-corrected chi connectivity index (χ0v) is 10.2. The molecule has 0 spiro atoms. The predicted octanol–water partition coefficient (Wildman–Crippen LogP) is 2.50. The van der Waals surface area contributed by atoms with Crippen molar-refractivity contribution in [3.05, 3.63) is 41.2 Å². The number of nitrogens with zero attached hydrogens (tertiary/aromatic N) is 2. The molecule has 0 amide bonds. The fourth-order valence-electron chi connectivity index (χ4n) is 1.41. The molecule has 1 aromatic carbocycles. The Labute approximate surface area is 108 Å². The molecule has 0 atom stereocenters. The summed E-state index contributed by atoms with van der Waals surface area (Å²) in [5.41, 5.74) is 0.580. The maximum Gasteiger partial charge on any atom is 0.340 e. The van der Waals surface area contributed by atoms with Crippen LogP contribution in [0.4, 0.5) is 0 Å². The average Bonchev–Trinajstić information content (AvgIpc) is 2.38. The number of hydrogen-bond donors (Lipinski definition) is 1. The van der Waals surface area contributed by atoms with Crippen LogP contribution < -0.4 is 4.74 Å². The highest BCUT2D eigenvalue weighted by molar-refractivity contribution is 6.32. The van der Waals surface area contributed by atoms with E-state index >= 15 is 0 Å². The minimum Gasteiger partial charge on any atom is -0.497 e. The first-order chi connectivity index (χ1) is 8.61. The number of ether oxygens (including phenoxy) is 1. The maximum absolute atomic E-state index is 10.8. The van der Waals surface area contributed by atoms with Gasteiger partial charge in [0, 0.05) is 11.8 Å². The molecule has 92 valence electrons. The minimum absolute atomic E-state index is 0.0877. The van der Waals surface area contributed by atoms with E-state index in [1.807, 2.05) is 0 Å². The van der Waals surface area contributed by atoms with Crippen LogP contribution in [0.1, 0.15) is 10.4 Å². The van der Waals surface area contributed by atoms with Crippen LogP contribution >= 0.6 is 11.6 Å². The van der Waals surface area contributed by atoms with Gasteiger partial charge in [-0.05, 0) is 12.1 Å². The molecule has 5 nitrogen and oxygen atoms in total. The normalized spacial score (nSPS) is 10.1. The molecule has 1 N–H and O–H groups in total. The molecule has 18 heavy (non-hydrogen) atoms. The molecule has 0 aliphatic heterocycles. The van der Waals surface area contributed by atoms with Crippen LogP contribution in [0.5, 0.6) is 5.75 Å². The van der Waals surface area contributed by atoms with Crippen LogP contribution in [0, 0.1) is 0 Å². The topological polar surface area (TPSA) is 72.3 Å². The number of benzene rings is 1. The molecule has 0 aliphatic rings. The molecule has 0 fully saturated rings. The fourth-order valence-corrected chi connectivity index (χ4v) is 1.62. The third-order valence-electron chi connectivity index (χ3n) is 2.30. The molecule has 2 aromatic rings. The number of carboxylic acids is 1. The summed E-state index contributed by atoms with van der Waals surface area (Å²) in [7, 11) is 1.56. The Morgan fingerprint density at radius 2 is 2.22 bits per heavy atom. The molecule has 0 bridgehead atoms. The Bertz CT molecular complexity index is 602. The monoisotopic (exact) mass is 264 g/mol. The molecule has 0 unspecified atom stereocenters. The van der Waals surface area contributed by atoms with E-state index in [2.05, 4.69) is 9.97 Å². The molecule has 0 aliphatic carbocycles.